The average molecular weight is 363 g/mol. The third kappa shape index (κ3) is 4.03. The molecule has 130 valence electrons. The molecule has 7 nitrogen and oxygen atoms in total. The summed E-state index contributed by atoms with van der Waals surface area (Å²) in [5.41, 5.74) is 2.14. The van der Waals surface area contributed by atoms with Crippen molar-refractivity contribution in [3.8, 4) is 0 Å². The van der Waals surface area contributed by atoms with Crippen molar-refractivity contribution in [3.63, 3.8) is 0 Å². The van der Waals surface area contributed by atoms with Crippen LogP contribution in [-0.2, 0) is 17.9 Å². The van der Waals surface area contributed by atoms with E-state index < -0.39 is 0 Å². The van der Waals surface area contributed by atoms with E-state index in [4.69, 9.17) is 11.6 Å². The molecule has 25 heavy (non-hydrogen) atoms. The Morgan fingerprint density at radius 3 is 2.80 bits per heavy atom. The first-order valence-corrected chi connectivity index (χ1v) is 7.93. The zero-order valence-corrected chi connectivity index (χ0v) is 14.5. The van der Waals surface area contributed by atoms with Gasteiger partial charge >= 0.3 is 0 Å². The fourth-order valence-electron chi connectivity index (χ4n) is 2.38. The van der Waals surface area contributed by atoms with Crippen LogP contribution in [0.3, 0.4) is 0 Å². The monoisotopic (exact) mass is 362 g/mol. The molecule has 0 aliphatic rings. The third-order valence-corrected chi connectivity index (χ3v) is 4.15. The highest BCUT2D eigenvalue weighted by atomic mass is 35.5. The predicted octanol–water partition coefficient (Wildman–Crippen LogP) is 2.57. The SMILES string of the molecule is Cc1nn(CC(=O)Nc2ncn(Cc3cccc(F)c3)n2)c(C)c1Cl. The largest absolute Gasteiger partial charge is 0.292 e. The van der Waals surface area contributed by atoms with Crippen LogP contribution in [0.15, 0.2) is 30.6 Å². The molecule has 9 heteroatoms. The van der Waals surface area contributed by atoms with Crippen molar-refractivity contribution < 1.29 is 9.18 Å². The zero-order valence-electron chi connectivity index (χ0n) is 13.7. The van der Waals surface area contributed by atoms with Gasteiger partial charge in [-0.05, 0) is 31.5 Å². The first-order valence-electron chi connectivity index (χ1n) is 7.55. The van der Waals surface area contributed by atoms with Gasteiger partial charge in [0.15, 0.2) is 0 Å². The van der Waals surface area contributed by atoms with Crippen LogP contribution in [0.4, 0.5) is 10.3 Å². The summed E-state index contributed by atoms with van der Waals surface area (Å²) < 4.78 is 16.2. The number of nitrogens with zero attached hydrogens (tertiary/aromatic N) is 5. The van der Waals surface area contributed by atoms with Crippen molar-refractivity contribution in [2.45, 2.75) is 26.9 Å². The standard InChI is InChI=1S/C16H16ClFN6O/c1-10-15(17)11(2)24(21-10)8-14(25)20-16-19-9-23(22-16)7-12-4-3-5-13(18)6-12/h3-6,9H,7-8H2,1-2H3,(H,20,22,25). The minimum atomic E-state index is -0.314. The Kier molecular flexibility index (Phi) is 4.80. The Morgan fingerprint density at radius 2 is 2.12 bits per heavy atom. The summed E-state index contributed by atoms with van der Waals surface area (Å²) in [5.74, 6) is -0.450. The number of carbonyl (C=O) groups is 1. The fraction of sp³-hybridized carbons (Fsp3) is 0.250. The molecule has 0 fully saturated rings. The normalized spacial score (nSPS) is 10.9. The molecule has 1 amide bonds. The highest BCUT2D eigenvalue weighted by Gasteiger charge is 2.13. The Labute approximate surface area is 148 Å². The van der Waals surface area contributed by atoms with Crippen molar-refractivity contribution in [1.29, 1.82) is 0 Å². The number of rotatable bonds is 5. The summed E-state index contributed by atoms with van der Waals surface area (Å²) in [6.07, 6.45) is 1.47. The molecule has 0 unspecified atom stereocenters. The van der Waals surface area contributed by atoms with Crippen molar-refractivity contribution in [3.05, 3.63) is 58.4 Å². The molecule has 3 rings (SSSR count). The Morgan fingerprint density at radius 1 is 1.32 bits per heavy atom. The predicted molar refractivity (Wildman–Crippen MR) is 90.9 cm³/mol. The summed E-state index contributed by atoms with van der Waals surface area (Å²) in [6.45, 7) is 3.94. The second-order valence-electron chi connectivity index (χ2n) is 5.59. The van der Waals surface area contributed by atoms with E-state index in [0.717, 1.165) is 11.3 Å². The van der Waals surface area contributed by atoms with Gasteiger partial charge in [0.1, 0.15) is 18.7 Å². The van der Waals surface area contributed by atoms with Crippen LogP contribution in [0.25, 0.3) is 0 Å². The second-order valence-corrected chi connectivity index (χ2v) is 5.96. The van der Waals surface area contributed by atoms with E-state index in [1.54, 1.807) is 26.0 Å². The van der Waals surface area contributed by atoms with E-state index in [9.17, 15) is 9.18 Å². The summed E-state index contributed by atoms with van der Waals surface area (Å²) in [7, 11) is 0. The molecule has 3 aromatic rings. The van der Waals surface area contributed by atoms with Gasteiger partial charge in [0.05, 0.1) is 23.0 Å². The molecule has 1 aromatic carbocycles. The first kappa shape index (κ1) is 17.1. The van der Waals surface area contributed by atoms with Crippen LogP contribution in [0, 0.1) is 19.7 Å². The molecule has 0 spiro atoms. The van der Waals surface area contributed by atoms with Gasteiger partial charge in [-0.2, -0.15) is 5.10 Å². The molecule has 0 saturated carbocycles. The lowest BCUT2D eigenvalue weighted by molar-refractivity contribution is -0.117. The van der Waals surface area contributed by atoms with Crippen molar-refractivity contribution in [1.82, 2.24) is 24.5 Å². The van der Waals surface area contributed by atoms with E-state index in [0.29, 0.717) is 17.3 Å². The summed E-state index contributed by atoms with van der Waals surface area (Å²) >= 11 is 6.06. The smallest absolute Gasteiger partial charge is 0.248 e. The lowest BCUT2D eigenvalue weighted by atomic mass is 10.2. The Hall–Kier alpha value is -2.74. The van der Waals surface area contributed by atoms with Crippen LogP contribution >= 0.6 is 11.6 Å². The quantitative estimate of drug-likeness (QED) is 0.756. The molecular weight excluding hydrogens is 347 g/mol. The van der Waals surface area contributed by atoms with E-state index in [1.165, 1.54) is 27.8 Å². The molecular formula is C16H16ClFN6O. The van der Waals surface area contributed by atoms with Gasteiger partial charge in [-0.3, -0.25) is 14.8 Å². The van der Waals surface area contributed by atoms with Crippen LogP contribution in [-0.4, -0.2) is 30.5 Å². The molecule has 2 aromatic heterocycles. The number of nitrogens with one attached hydrogen (secondary N) is 1. The van der Waals surface area contributed by atoms with Crippen LogP contribution in [0.1, 0.15) is 17.0 Å². The molecule has 0 bridgehead atoms. The number of halogens is 2. The number of benzene rings is 1. The maximum absolute atomic E-state index is 13.2. The van der Waals surface area contributed by atoms with Gasteiger partial charge in [-0.25, -0.2) is 14.1 Å². The fourth-order valence-corrected chi connectivity index (χ4v) is 2.52. The number of carbonyl (C=O) groups excluding carboxylic acids is 1. The zero-order chi connectivity index (χ0) is 18.0. The van der Waals surface area contributed by atoms with Gasteiger partial charge in [0.2, 0.25) is 11.9 Å². The number of hydrogen-bond acceptors (Lipinski definition) is 4. The number of aromatic nitrogens is 5. The van der Waals surface area contributed by atoms with Gasteiger partial charge in [-0.15, -0.1) is 5.10 Å². The molecule has 0 atom stereocenters. The van der Waals surface area contributed by atoms with Gasteiger partial charge < -0.3 is 0 Å². The molecule has 1 N–H and O–H groups in total. The summed E-state index contributed by atoms with van der Waals surface area (Å²) in [4.78, 5) is 16.1. The Bertz CT molecular complexity index is 919. The van der Waals surface area contributed by atoms with Crippen LogP contribution in [0.5, 0.6) is 0 Å². The molecule has 0 aliphatic heterocycles. The maximum atomic E-state index is 13.2. The lowest BCUT2D eigenvalue weighted by Crippen LogP contribution is -2.21. The molecule has 2 heterocycles. The molecule has 0 saturated heterocycles. The third-order valence-electron chi connectivity index (χ3n) is 3.61. The van der Waals surface area contributed by atoms with E-state index in [-0.39, 0.29) is 24.2 Å². The van der Waals surface area contributed by atoms with Crippen molar-refractivity contribution in [2.75, 3.05) is 5.32 Å². The minimum absolute atomic E-state index is 0.0117. The number of aryl methyl sites for hydroxylation is 1. The van der Waals surface area contributed by atoms with Crippen LogP contribution < -0.4 is 5.32 Å². The summed E-state index contributed by atoms with van der Waals surface area (Å²) in [6, 6.07) is 6.22. The van der Waals surface area contributed by atoms with E-state index >= 15 is 0 Å². The number of hydrogen-bond donors (Lipinski definition) is 1. The van der Waals surface area contributed by atoms with Gasteiger partial charge in [0, 0.05) is 0 Å². The number of amides is 1. The highest BCUT2D eigenvalue weighted by molar-refractivity contribution is 6.31. The van der Waals surface area contributed by atoms with Crippen molar-refractivity contribution in [2.24, 2.45) is 0 Å². The van der Waals surface area contributed by atoms with E-state index in [2.05, 4.69) is 20.5 Å². The first-order chi connectivity index (χ1) is 11.9. The van der Waals surface area contributed by atoms with E-state index in [1.807, 2.05) is 0 Å². The van der Waals surface area contributed by atoms with Crippen LogP contribution in [0.2, 0.25) is 5.02 Å². The molecule has 0 aliphatic carbocycles. The summed E-state index contributed by atoms with van der Waals surface area (Å²) in [5, 5.41) is 11.5. The lowest BCUT2D eigenvalue weighted by Gasteiger charge is -2.04. The second kappa shape index (κ2) is 7.02. The highest BCUT2D eigenvalue weighted by Crippen LogP contribution is 2.18. The van der Waals surface area contributed by atoms with Gasteiger partial charge in [0.25, 0.3) is 0 Å². The Balaban J connectivity index is 1.62. The minimum Gasteiger partial charge on any atom is -0.292 e. The molecule has 0 radical (unpaired) electrons. The number of anilines is 1. The topological polar surface area (TPSA) is 77.6 Å². The van der Waals surface area contributed by atoms with Gasteiger partial charge in [-0.1, -0.05) is 23.7 Å². The van der Waals surface area contributed by atoms with Crippen molar-refractivity contribution >= 4 is 23.5 Å². The maximum Gasteiger partial charge on any atom is 0.248 e. The average Bonchev–Trinajstić information content (AvgIpc) is 3.08.